The van der Waals surface area contributed by atoms with Crippen molar-refractivity contribution < 1.29 is 9.26 Å². The van der Waals surface area contributed by atoms with Crippen molar-refractivity contribution in [3.05, 3.63) is 11.7 Å². The van der Waals surface area contributed by atoms with Gasteiger partial charge in [0.05, 0.1) is 12.4 Å². The Bertz CT molecular complexity index is 387. The molecule has 2 fully saturated rings. The van der Waals surface area contributed by atoms with Gasteiger partial charge < -0.3 is 14.6 Å². The highest BCUT2D eigenvalue weighted by atomic mass is 32.2. The van der Waals surface area contributed by atoms with E-state index in [1.165, 1.54) is 32.1 Å². The van der Waals surface area contributed by atoms with Crippen LogP contribution >= 0.6 is 11.8 Å². The van der Waals surface area contributed by atoms with Gasteiger partial charge in [-0.15, -0.1) is 0 Å². The van der Waals surface area contributed by atoms with E-state index in [-0.39, 0.29) is 6.10 Å². The molecule has 1 saturated carbocycles. The third-order valence-electron chi connectivity index (χ3n) is 3.69. The van der Waals surface area contributed by atoms with Crippen molar-refractivity contribution in [2.45, 2.75) is 49.2 Å². The number of morpholine rings is 1. The van der Waals surface area contributed by atoms with Crippen LogP contribution in [0.25, 0.3) is 0 Å². The molecule has 0 amide bonds. The molecule has 0 radical (unpaired) electrons. The van der Waals surface area contributed by atoms with Crippen molar-refractivity contribution in [1.82, 2.24) is 15.5 Å². The van der Waals surface area contributed by atoms with Crippen LogP contribution in [0, 0.1) is 0 Å². The van der Waals surface area contributed by atoms with E-state index in [0.29, 0.717) is 12.5 Å². The number of hydrogen-bond acceptors (Lipinski definition) is 6. The number of aromatic nitrogens is 2. The predicted molar refractivity (Wildman–Crippen MR) is 74.0 cm³/mol. The van der Waals surface area contributed by atoms with Gasteiger partial charge in [0.15, 0.2) is 5.82 Å². The molecule has 1 unspecified atom stereocenters. The molecule has 1 aliphatic heterocycles. The van der Waals surface area contributed by atoms with E-state index in [0.717, 1.165) is 29.9 Å². The zero-order valence-corrected chi connectivity index (χ0v) is 12.0. The molecule has 0 aromatic carbocycles. The average molecular weight is 283 g/mol. The Morgan fingerprint density at radius 2 is 2.16 bits per heavy atom. The summed E-state index contributed by atoms with van der Waals surface area (Å²) in [4.78, 5) is 4.45. The molecule has 0 spiro atoms. The normalized spacial score (nSPS) is 25.6. The topological polar surface area (TPSA) is 60.2 Å². The Labute approximate surface area is 117 Å². The minimum atomic E-state index is -0.0744. The fourth-order valence-corrected chi connectivity index (χ4v) is 3.77. The van der Waals surface area contributed by atoms with Crippen molar-refractivity contribution in [2.75, 3.05) is 19.7 Å². The minimum Gasteiger partial charge on any atom is -0.366 e. The second-order valence-corrected chi connectivity index (χ2v) is 6.47. The first-order chi connectivity index (χ1) is 9.42. The molecule has 2 heterocycles. The predicted octanol–water partition coefficient (Wildman–Crippen LogP) is 2.30. The summed E-state index contributed by atoms with van der Waals surface area (Å²) in [5.74, 6) is 2.28. The third-order valence-corrected chi connectivity index (χ3v) is 5.05. The molecule has 1 N–H and O–H groups in total. The van der Waals surface area contributed by atoms with Crippen LogP contribution in [-0.2, 0) is 10.5 Å². The maximum absolute atomic E-state index is 5.61. The average Bonchev–Trinajstić information content (AvgIpc) is 2.96. The minimum absolute atomic E-state index is 0.0744. The van der Waals surface area contributed by atoms with Gasteiger partial charge in [-0.05, 0) is 12.8 Å². The standard InChI is InChI=1S/C13H21N3O2S/c1-2-4-10(5-3-1)19-9-12-15-13(18-16-12)11-8-14-6-7-17-11/h10-11,14H,1-9H2. The highest BCUT2D eigenvalue weighted by Gasteiger charge is 2.22. The Hall–Kier alpha value is -0.590. The Morgan fingerprint density at radius 1 is 1.26 bits per heavy atom. The van der Waals surface area contributed by atoms with Crippen molar-refractivity contribution in [3.63, 3.8) is 0 Å². The van der Waals surface area contributed by atoms with Crippen molar-refractivity contribution >= 4 is 11.8 Å². The fourth-order valence-electron chi connectivity index (χ4n) is 2.61. The molecule has 106 valence electrons. The maximum atomic E-state index is 5.61. The lowest BCUT2D eigenvalue weighted by atomic mass is 10.0. The zero-order chi connectivity index (χ0) is 12.9. The molecule has 3 rings (SSSR count). The Morgan fingerprint density at radius 3 is 2.95 bits per heavy atom. The summed E-state index contributed by atoms with van der Waals surface area (Å²) in [6.07, 6.45) is 6.74. The van der Waals surface area contributed by atoms with Gasteiger partial charge in [-0.3, -0.25) is 0 Å². The first kappa shape index (κ1) is 13.4. The number of thioether (sulfide) groups is 1. The number of nitrogens with zero attached hydrogens (tertiary/aromatic N) is 2. The molecule has 6 heteroatoms. The number of hydrogen-bond donors (Lipinski definition) is 1. The quantitative estimate of drug-likeness (QED) is 0.915. The second-order valence-electron chi connectivity index (χ2n) is 5.18. The Kier molecular flexibility index (Phi) is 4.74. The SMILES string of the molecule is C1CCC(SCc2noc(C3CNCCO3)n2)CC1. The third kappa shape index (κ3) is 3.70. The molecule has 1 aliphatic carbocycles. The van der Waals surface area contributed by atoms with Gasteiger partial charge in [-0.25, -0.2) is 0 Å². The molecular weight excluding hydrogens is 262 g/mol. The van der Waals surface area contributed by atoms with Crippen molar-refractivity contribution in [2.24, 2.45) is 0 Å². The van der Waals surface area contributed by atoms with Crippen LogP contribution in [0.2, 0.25) is 0 Å². The Balaban J connectivity index is 1.49. The van der Waals surface area contributed by atoms with E-state index in [9.17, 15) is 0 Å². The highest BCUT2D eigenvalue weighted by molar-refractivity contribution is 7.99. The second kappa shape index (κ2) is 6.72. The molecule has 5 nitrogen and oxygen atoms in total. The summed E-state index contributed by atoms with van der Waals surface area (Å²) in [5.41, 5.74) is 0. The highest BCUT2D eigenvalue weighted by Crippen LogP contribution is 2.30. The molecule has 19 heavy (non-hydrogen) atoms. The zero-order valence-electron chi connectivity index (χ0n) is 11.1. The van der Waals surface area contributed by atoms with E-state index in [1.807, 2.05) is 11.8 Å². The summed E-state index contributed by atoms with van der Waals surface area (Å²) in [6.45, 7) is 2.37. The van der Waals surface area contributed by atoms with Gasteiger partial charge in [0.2, 0.25) is 0 Å². The van der Waals surface area contributed by atoms with Gasteiger partial charge in [0.1, 0.15) is 6.10 Å². The van der Waals surface area contributed by atoms with Crippen LogP contribution in [-0.4, -0.2) is 35.1 Å². The summed E-state index contributed by atoms with van der Waals surface area (Å²) in [7, 11) is 0. The van der Waals surface area contributed by atoms with Gasteiger partial charge in [-0.1, -0.05) is 24.4 Å². The maximum Gasteiger partial charge on any atom is 0.257 e. The summed E-state index contributed by atoms with van der Waals surface area (Å²) in [6, 6.07) is 0. The molecule has 1 saturated heterocycles. The van der Waals surface area contributed by atoms with E-state index < -0.39 is 0 Å². The monoisotopic (exact) mass is 283 g/mol. The lowest BCUT2D eigenvalue weighted by Crippen LogP contribution is -2.33. The lowest BCUT2D eigenvalue weighted by molar-refractivity contribution is 0.00755. The van der Waals surface area contributed by atoms with Gasteiger partial charge in [0.25, 0.3) is 5.89 Å². The van der Waals surface area contributed by atoms with E-state index in [1.54, 1.807) is 0 Å². The van der Waals surface area contributed by atoms with E-state index in [2.05, 4.69) is 15.5 Å². The molecule has 2 aliphatic rings. The summed E-state index contributed by atoms with van der Waals surface area (Å²) >= 11 is 1.97. The summed E-state index contributed by atoms with van der Waals surface area (Å²) < 4.78 is 10.9. The van der Waals surface area contributed by atoms with Gasteiger partial charge >= 0.3 is 0 Å². The lowest BCUT2D eigenvalue weighted by Gasteiger charge is -2.20. The molecule has 1 atom stereocenters. The van der Waals surface area contributed by atoms with Crippen LogP contribution in [0.5, 0.6) is 0 Å². The summed E-state index contributed by atoms with van der Waals surface area (Å²) in [5, 5.41) is 8.11. The number of nitrogens with one attached hydrogen (secondary N) is 1. The van der Waals surface area contributed by atoms with E-state index >= 15 is 0 Å². The largest absolute Gasteiger partial charge is 0.366 e. The van der Waals surface area contributed by atoms with E-state index in [4.69, 9.17) is 9.26 Å². The van der Waals surface area contributed by atoms with Crippen LogP contribution in [0.4, 0.5) is 0 Å². The number of ether oxygens (including phenoxy) is 1. The van der Waals surface area contributed by atoms with Gasteiger partial charge in [-0.2, -0.15) is 16.7 Å². The molecule has 1 aromatic rings. The van der Waals surface area contributed by atoms with Crippen LogP contribution in [0.3, 0.4) is 0 Å². The van der Waals surface area contributed by atoms with Crippen LogP contribution in [0.1, 0.15) is 49.9 Å². The number of rotatable bonds is 4. The molecule has 0 bridgehead atoms. The fraction of sp³-hybridized carbons (Fsp3) is 0.846. The van der Waals surface area contributed by atoms with Crippen molar-refractivity contribution in [1.29, 1.82) is 0 Å². The first-order valence-corrected chi connectivity index (χ1v) is 8.23. The van der Waals surface area contributed by atoms with Gasteiger partial charge in [0, 0.05) is 18.3 Å². The smallest absolute Gasteiger partial charge is 0.257 e. The van der Waals surface area contributed by atoms with Crippen LogP contribution in [0.15, 0.2) is 4.52 Å². The first-order valence-electron chi connectivity index (χ1n) is 7.18. The van der Waals surface area contributed by atoms with Crippen LogP contribution < -0.4 is 5.32 Å². The molecule has 1 aromatic heterocycles. The molecular formula is C13H21N3O2S. The van der Waals surface area contributed by atoms with Crippen molar-refractivity contribution in [3.8, 4) is 0 Å².